The normalized spacial score (nSPS) is 19.4. The van der Waals surface area contributed by atoms with E-state index in [9.17, 15) is 0 Å². The van der Waals surface area contributed by atoms with Gasteiger partial charge in [-0.2, -0.15) is 0 Å². The first kappa shape index (κ1) is 29.0. The summed E-state index contributed by atoms with van der Waals surface area (Å²) in [7, 11) is 0. The highest BCUT2D eigenvalue weighted by Gasteiger charge is 2.50. The Hall–Kier alpha value is -4.98. The standard InChI is InChI=1S/C48H38S/c1-47(2)41-25-24-29(30-14-5-6-15-31(30)37-21-13-22-38-36-20-11-12-23-45(36)49-46(37)38)26-42(41)48(3,4)44-28-40-35-19-10-8-17-33(35)32-16-7-9-18-34(32)39(40)27-43(44)47/h5-28,41-42H,1-4H3. The number of hydrogen-bond donors (Lipinski definition) is 0. The third-order valence-electron chi connectivity index (χ3n) is 12.1. The van der Waals surface area contributed by atoms with Gasteiger partial charge in [-0.15, -0.1) is 11.3 Å². The second-order valence-corrected chi connectivity index (χ2v) is 16.4. The summed E-state index contributed by atoms with van der Waals surface area (Å²) in [4.78, 5) is 0. The van der Waals surface area contributed by atoms with Gasteiger partial charge < -0.3 is 0 Å². The maximum atomic E-state index is 2.63. The van der Waals surface area contributed by atoms with E-state index >= 15 is 0 Å². The van der Waals surface area contributed by atoms with Crippen molar-refractivity contribution >= 4 is 69.4 Å². The Labute approximate surface area is 292 Å². The molecule has 0 saturated heterocycles. The molecule has 0 saturated carbocycles. The Morgan fingerprint density at radius 2 is 0.939 bits per heavy atom. The van der Waals surface area contributed by atoms with Crippen LogP contribution in [-0.2, 0) is 10.8 Å². The van der Waals surface area contributed by atoms with Crippen molar-refractivity contribution in [2.45, 2.75) is 38.5 Å². The summed E-state index contributed by atoms with van der Waals surface area (Å²) in [5.74, 6) is 0.744. The summed E-state index contributed by atoms with van der Waals surface area (Å²) in [5.41, 5.74) is 8.17. The monoisotopic (exact) mass is 646 g/mol. The number of allylic oxidation sites excluding steroid dienone is 4. The molecule has 236 valence electrons. The third kappa shape index (κ3) is 4.03. The number of rotatable bonds is 2. The summed E-state index contributed by atoms with van der Waals surface area (Å²) in [5, 5.41) is 10.8. The molecule has 49 heavy (non-hydrogen) atoms. The van der Waals surface area contributed by atoms with E-state index in [1.807, 2.05) is 11.3 Å². The fourth-order valence-corrected chi connectivity index (χ4v) is 10.7. The molecule has 0 nitrogen and oxygen atoms in total. The Kier molecular flexibility index (Phi) is 6.07. The van der Waals surface area contributed by atoms with Gasteiger partial charge in [-0.05, 0) is 101 Å². The van der Waals surface area contributed by atoms with E-state index in [-0.39, 0.29) is 10.8 Å². The Balaban J connectivity index is 1.17. The number of hydrogen-bond acceptors (Lipinski definition) is 1. The van der Waals surface area contributed by atoms with Gasteiger partial charge in [-0.25, -0.2) is 0 Å². The van der Waals surface area contributed by atoms with Gasteiger partial charge in [0.05, 0.1) is 0 Å². The molecule has 0 N–H and O–H groups in total. The van der Waals surface area contributed by atoms with E-state index in [1.54, 1.807) is 0 Å². The van der Waals surface area contributed by atoms with Crippen molar-refractivity contribution in [3.63, 3.8) is 0 Å². The molecule has 2 aliphatic carbocycles. The number of fused-ring (bicyclic) bond motifs is 11. The van der Waals surface area contributed by atoms with Crippen molar-refractivity contribution in [1.82, 2.24) is 0 Å². The first-order valence-electron chi connectivity index (χ1n) is 17.6. The van der Waals surface area contributed by atoms with Crippen LogP contribution < -0.4 is 0 Å². The molecule has 8 aromatic rings. The molecule has 0 radical (unpaired) electrons. The van der Waals surface area contributed by atoms with E-state index < -0.39 is 0 Å². The van der Waals surface area contributed by atoms with Crippen LogP contribution >= 0.6 is 11.3 Å². The maximum Gasteiger partial charge on any atom is 0.0434 e. The lowest BCUT2D eigenvalue weighted by atomic mass is 9.51. The molecule has 0 spiro atoms. The summed E-state index contributed by atoms with van der Waals surface area (Å²) in [6.07, 6.45) is 7.60. The van der Waals surface area contributed by atoms with Gasteiger partial charge in [0, 0.05) is 25.7 Å². The molecule has 2 aliphatic rings. The van der Waals surface area contributed by atoms with Crippen LogP contribution in [0, 0.1) is 11.8 Å². The fraction of sp³-hybridized carbons (Fsp3) is 0.167. The number of thiophene rings is 1. The second-order valence-electron chi connectivity index (χ2n) is 15.3. The molecule has 1 heterocycles. The second kappa shape index (κ2) is 10.3. The largest absolute Gasteiger partial charge is 0.135 e. The summed E-state index contributed by atoms with van der Waals surface area (Å²) >= 11 is 1.91. The smallest absolute Gasteiger partial charge is 0.0434 e. The van der Waals surface area contributed by atoms with Gasteiger partial charge in [0.15, 0.2) is 0 Å². The average Bonchev–Trinajstić information content (AvgIpc) is 3.53. The van der Waals surface area contributed by atoms with E-state index in [4.69, 9.17) is 0 Å². The van der Waals surface area contributed by atoms with Gasteiger partial charge in [0.25, 0.3) is 0 Å². The highest BCUT2D eigenvalue weighted by molar-refractivity contribution is 7.26. The van der Waals surface area contributed by atoms with Gasteiger partial charge in [-0.3, -0.25) is 0 Å². The van der Waals surface area contributed by atoms with Gasteiger partial charge >= 0.3 is 0 Å². The van der Waals surface area contributed by atoms with E-state index in [0.29, 0.717) is 11.8 Å². The summed E-state index contributed by atoms with van der Waals surface area (Å²) in [6, 6.07) is 47.8. The van der Waals surface area contributed by atoms with Crippen LogP contribution in [0.1, 0.15) is 44.4 Å². The van der Waals surface area contributed by atoms with Crippen LogP contribution in [-0.4, -0.2) is 0 Å². The van der Waals surface area contributed by atoms with Crippen molar-refractivity contribution in [1.29, 1.82) is 0 Å². The lowest BCUT2D eigenvalue weighted by Gasteiger charge is -2.53. The van der Waals surface area contributed by atoms with Crippen molar-refractivity contribution in [2.75, 3.05) is 0 Å². The highest BCUT2D eigenvalue weighted by Crippen LogP contribution is 2.57. The van der Waals surface area contributed by atoms with Crippen LogP contribution in [0.4, 0.5) is 0 Å². The zero-order valence-corrected chi connectivity index (χ0v) is 29.2. The van der Waals surface area contributed by atoms with Crippen molar-refractivity contribution < 1.29 is 0 Å². The number of benzene rings is 7. The molecule has 0 amide bonds. The minimum atomic E-state index is -0.0626. The predicted octanol–water partition coefficient (Wildman–Crippen LogP) is 13.6. The zero-order valence-electron chi connectivity index (χ0n) is 28.4. The average molecular weight is 647 g/mol. The molecule has 2 atom stereocenters. The first-order valence-corrected chi connectivity index (χ1v) is 18.4. The minimum absolute atomic E-state index is 0.0306. The lowest BCUT2D eigenvalue weighted by Crippen LogP contribution is -2.48. The van der Waals surface area contributed by atoms with Gasteiger partial charge in [0.1, 0.15) is 0 Å². The first-order chi connectivity index (χ1) is 23.8. The topological polar surface area (TPSA) is 0 Å². The molecule has 7 aromatic carbocycles. The molecular formula is C48H38S. The third-order valence-corrected chi connectivity index (χ3v) is 13.3. The maximum absolute atomic E-state index is 2.63. The van der Waals surface area contributed by atoms with E-state index in [0.717, 1.165) is 0 Å². The van der Waals surface area contributed by atoms with Crippen molar-refractivity contribution in [3.8, 4) is 11.1 Å². The minimum Gasteiger partial charge on any atom is -0.135 e. The van der Waals surface area contributed by atoms with Crippen LogP contribution in [0.2, 0.25) is 0 Å². The van der Waals surface area contributed by atoms with E-state index in [2.05, 4.69) is 173 Å². The summed E-state index contributed by atoms with van der Waals surface area (Å²) in [6.45, 7) is 9.94. The molecular weight excluding hydrogens is 609 g/mol. The molecule has 1 heteroatoms. The van der Waals surface area contributed by atoms with Crippen LogP contribution in [0.15, 0.2) is 146 Å². The van der Waals surface area contributed by atoms with E-state index in [1.165, 1.54) is 85.9 Å². The summed E-state index contributed by atoms with van der Waals surface area (Å²) < 4.78 is 2.72. The quantitative estimate of drug-likeness (QED) is 0.164. The SMILES string of the molecule is CC1(C)c2cc3c4ccccc4c4ccccc4c3cc2C(C)(C)C2C=C(c3ccccc3-c3cccc4c3sc3ccccc34)C=CC21. The van der Waals surface area contributed by atoms with Gasteiger partial charge in [0.2, 0.25) is 0 Å². The molecule has 1 aromatic heterocycles. The van der Waals surface area contributed by atoms with Crippen molar-refractivity contribution in [3.05, 3.63) is 162 Å². The molecule has 0 aliphatic heterocycles. The van der Waals surface area contributed by atoms with Crippen LogP contribution in [0.25, 0.3) is 69.2 Å². The van der Waals surface area contributed by atoms with Crippen LogP contribution in [0.5, 0.6) is 0 Å². The van der Waals surface area contributed by atoms with Crippen LogP contribution in [0.3, 0.4) is 0 Å². The zero-order chi connectivity index (χ0) is 33.1. The molecule has 10 rings (SSSR count). The fourth-order valence-electron chi connectivity index (χ4n) is 9.51. The Bertz CT molecular complexity index is 2730. The molecule has 2 unspecified atom stereocenters. The highest BCUT2D eigenvalue weighted by atomic mass is 32.1. The Morgan fingerprint density at radius 1 is 0.449 bits per heavy atom. The predicted molar refractivity (Wildman–Crippen MR) is 214 cm³/mol. The molecule has 0 bridgehead atoms. The van der Waals surface area contributed by atoms with Crippen molar-refractivity contribution in [2.24, 2.45) is 11.8 Å². The Morgan fingerprint density at radius 3 is 1.59 bits per heavy atom. The van der Waals surface area contributed by atoms with Gasteiger partial charge in [-0.1, -0.05) is 155 Å². The molecule has 0 fully saturated rings. The lowest BCUT2D eigenvalue weighted by molar-refractivity contribution is 0.191.